The van der Waals surface area contributed by atoms with E-state index in [1.165, 1.54) is 53.0 Å². The first kappa shape index (κ1) is 39.8. The van der Waals surface area contributed by atoms with Gasteiger partial charge in [-0.25, -0.2) is 0 Å². The summed E-state index contributed by atoms with van der Waals surface area (Å²) in [6, 6.07) is 16.2. The number of fused-ring (bicyclic) bond motifs is 2. The number of halogens is 2. The molecule has 0 saturated heterocycles. The Bertz CT molecular complexity index is 1090. The Balaban J connectivity index is 0.00000294. The van der Waals surface area contributed by atoms with E-state index in [2.05, 4.69) is 114 Å². The predicted molar refractivity (Wildman–Crippen MR) is 174 cm³/mol. The maximum atomic E-state index is 6.99. The Labute approximate surface area is 290 Å². The van der Waals surface area contributed by atoms with Crippen LogP contribution in [0.25, 0.3) is 6.08 Å². The minimum Gasteiger partial charge on any atom is -1.00 e. The fourth-order valence-corrected chi connectivity index (χ4v) is 12.7. The molecule has 7 heteroatoms. The zero-order valence-electron chi connectivity index (χ0n) is 26.7. The summed E-state index contributed by atoms with van der Waals surface area (Å²) in [7, 11) is -3.36. The molecule has 0 aromatic heterocycles. The molecule has 1 aromatic carbocycles. The number of hydrogen-bond donors (Lipinski definition) is 0. The SMILES string of the molecule is CC[Si](CC)(CC)OCCC(CCO[Si](CC)(CC)CC)(C1=CC=C2C=CC=CC21)C1C=Cc2ccccc21.[Cl-].[Cl-].[Zr+2]. The summed E-state index contributed by atoms with van der Waals surface area (Å²) >= 11 is 0. The molecule has 1 aromatic rings. The van der Waals surface area contributed by atoms with Crippen LogP contribution in [0.3, 0.4) is 0 Å². The summed E-state index contributed by atoms with van der Waals surface area (Å²) < 4.78 is 14.0. The third kappa shape index (κ3) is 8.11. The van der Waals surface area contributed by atoms with E-state index < -0.39 is 16.6 Å². The second-order valence-electron chi connectivity index (χ2n) is 11.8. The van der Waals surface area contributed by atoms with E-state index in [1.54, 1.807) is 5.57 Å². The van der Waals surface area contributed by atoms with Gasteiger partial charge in [-0.15, -0.1) is 0 Å². The first-order valence-corrected chi connectivity index (χ1v) is 20.8. The normalized spacial score (nSPS) is 18.8. The van der Waals surface area contributed by atoms with Gasteiger partial charge in [-0.05, 0) is 65.8 Å². The molecule has 0 saturated carbocycles. The quantitative estimate of drug-likeness (QED) is 0.238. The van der Waals surface area contributed by atoms with Gasteiger partial charge in [-0.2, -0.15) is 0 Å². The van der Waals surface area contributed by atoms with Gasteiger partial charge in [0.25, 0.3) is 0 Å². The molecule has 0 fully saturated rings. The van der Waals surface area contributed by atoms with Crippen molar-refractivity contribution in [2.24, 2.45) is 11.3 Å². The van der Waals surface area contributed by atoms with Crippen LogP contribution in [0.1, 0.15) is 71.4 Å². The van der Waals surface area contributed by atoms with E-state index >= 15 is 0 Å². The Kier molecular flexibility index (Phi) is 17.1. The topological polar surface area (TPSA) is 18.5 Å². The number of benzene rings is 1. The molecule has 0 heterocycles. The molecule has 2 nitrogen and oxygen atoms in total. The standard InChI is InChI=1S/C35H52O2Si2.2ClH.Zr/c1-7-38(8-2,9-3)36-27-25-35(26-28-37-39(10-4,11-5)12-6,33-23-21-29-17-13-15-19-31(29)33)34-24-22-30-18-14-16-20-32(30)34;;;/h13-24,31,34H,7-12,25-28H2,1-6H3;2*1H;/q;;;+2/p-2. The van der Waals surface area contributed by atoms with Crippen molar-refractivity contribution >= 4 is 22.7 Å². The summed E-state index contributed by atoms with van der Waals surface area (Å²) in [4.78, 5) is 0. The third-order valence-electron chi connectivity index (χ3n) is 10.6. The van der Waals surface area contributed by atoms with Crippen molar-refractivity contribution in [1.82, 2.24) is 0 Å². The van der Waals surface area contributed by atoms with Crippen LogP contribution < -0.4 is 24.8 Å². The Hall–Kier alpha value is -0.263. The summed E-state index contributed by atoms with van der Waals surface area (Å²) in [5.41, 5.74) is 5.78. The van der Waals surface area contributed by atoms with Crippen molar-refractivity contribution in [2.45, 2.75) is 96.6 Å². The van der Waals surface area contributed by atoms with Gasteiger partial charge in [-0.1, -0.05) is 120 Å². The minimum atomic E-state index is -1.68. The Morgan fingerprint density at radius 1 is 0.690 bits per heavy atom. The van der Waals surface area contributed by atoms with Gasteiger partial charge in [0.1, 0.15) is 0 Å². The smallest absolute Gasteiger partial charge is 1.00 e. The van der Waals surface area contributed by atoms with Gasteiger partial charge in [0.2, 0.25) is 0 Å². The second-order valence-corrected chi connectivity index (χ2v) is 21.4. The number of rotatable bonds is 16. The van der Waals surface area contributed by atoms with Gasteiger partial charge >= 0.3 is 26.2 Å². The molecule has 0 spiro atoms. The monoisotopic (exact) mass is 720 g/mol. The average molecular weight is 723 g/mol. The molecule has 0 radical (unpaired) electrons. The number of hydrogen-bond acceptors (Lipinski definition) is 2. The van der Waals surface area contributed by atoms with Crippen LogP contribution in [0.5, 0.6) is 0 Å². The largest absolute Gasteiger partial charge is 2.00 e. The fourth-order valence-electron chi connectivity index (χ4n) is 7.41. The van der Waals surface area contributed by atoms with Crippen molar-refractivity contribution in [2.75, 3.05) is 13.2 Å². The summed E-state index contributed by atoms with van der Waals surface area (Å²) in [6.45, 7) is 15.7. The molecule has 0 aliphatic heterocycles. The van der Waals surface area contributed by atoms with E-state index in [4.69, 9.17) is 8.85 Å². The molecule has 230 valence electrons. The maximum absolute atomic E-state index is 6.99. The van der Waals surface area contributed by atoms with Gasteiger partial charge in [0.05, 0.1) is 0 Å². The zero-order valence-corrected chi connectivity index (χ0v) is 32.7. The van der Waals surface area contributed by atoms with Crippen LogP contribution in [0.15, 0.2) is 77.9 Å². The van der Waals surface area contributed by atoms with Crippen molar-refractivity contribution < 1.29 is 59.9 Å². The van der Waals surface area contributed by atoms with Gasteiger partial charge in [0.15, 0.2) is 16.6 Å². The summed E-state index contributed by atoms with van der Waals surface area (Å²) in [6.07, 6.45) is 20.9. The van der Waals surface area contributed by atoms with Crippen LogP contribution in [0.2, 0.25) is 36.3 Å². The first-order valence-electron chi connectivity index (χ1n) is 15.8. The van der Waals surface area contributed by atoms with Gasteiger partial charge in [0, 0.05) is 30.5 Å². The van der Waals surface area contributed by atoms with Crippen LogP contribution in [0, 0.1) is 11.3 Å². The van der Waals surface area contributed by atoms with Gasteiger partial charge < -0.3 is 33.7 Å². The molecule has 0 amide bonds. The predicted octanol–water partition coefficient (Wildman–Crippen LogP) is 4.22. The van der Waals surface area contributed by atoms with Crippen molar-refractivity contribution in [1.29, 1.82) is 0 Å². The van der Waals surface area contributed by atoms with Crippen LogP contribution in [-0.2, 0) is 35.1 Å². The van der Waals surface area contributed by atoms with E-state index in [-0.39, 0.29) is 56.4 Å². The molecule has 4 rings (SSSR count). The second kappa shape index (κ2) is 18.0. The van der Waals surface area contributed by atoms with E-state index in [0.717, 1.165) is 26.1 Å². The minimum absolute atomic E-state index is 0. The zero-order chi connectivity index (χ0) is 27.9. The van der Waals surface area contributed by atoms with Crippen LogP contribution in [0.4, 0.5) is 0 Å². The Morgan fingerprint density at radius 3 is 1.79 bits per heavy atom. The van der Waals surface area contributed by atoms with Crippen LogP contribution >= 0.6 is 0 Å². The Morgan fingerprint density at radius 2 is 1.24 bits per heavy atom. The van der Waals surface area contributed by atoms with Crippen LogP contribution in [-0.4, -0.2) is 29.8 Å². The first-order chi connectivity index (χ1) is 19.0. The molecule has 2 atom stereocenters. The van der Waals surface area contributed by atoms with Crippen molar-refractivity contribution in [3.05, 3.63) is 89.1 Å². The molecule has 2 unspecified atom stereocenters. The van der Waals surface area contributed by atoms with Gasteiger partial charge in [-0.3, -0.25) is 0 Å². The van der Waals surface area contributed by atoms with Crippen molar-refractivity contribution in [3.8, 4) is 0 Å². The number of allylic oxidation sites excluding steroid dienone is 9. The third-order valence-corrected chi connectivity index (χ3v) is 20.0. The summed E-state index contributed by atoms with van der Waals surface area (Å²) in [5, 5.41) is 0. The van der Waals surface area contributed by atoms with E-state index in [1.807, 2.05) is 0 Å². The molecule has 0 bridgehead atoms. The maximum Gasteiger partial charge on any atom is 2.00 e. The molecule has 3 aliphatic carbocycles. The molecule has 42 heavy (non-hydrogen) atoms. The summed E-state index contributed by atoms with van der Waals surface area (Å²) in [5.74, 6) is 0.688. The van der Waals surface area contributed by atoms with E-state index in [0.29, 0.717) is 11.8 Å². The molecule has 0 N–H and O–H groups in total. The average Bonchev–Trinajstić information content (AvgIpc) is 3.63. The van der Waals surface area contributed by atoms with Crippen molar-refractivity contribution in [3.63, 3.8) is 0 Å². The van der Waals surface area contributed by atoms with E-state index in [9.17, 15) is 0 Å². The molecular formula is C35H52Cl2O2Si2Zr. The fraction of sp³-hybridized carbons (Fsp3) is 0.543. The molecular weight excluding hydrogens is 671 g/mol. The molecule has 3 aliphatic rings.